The molecule has 1 fully saturated rings. The highest BCUT2D eigenvalue weighted by Crippen LogP contribution is 2.39. The van der Waals surface area contributed by atoms with Crippen molar-refractivity contribution in [3.8, 4) is 5.75 Å². The van der Waals surface area contributed by atoms with E-state index in [-0.39, 0.29) is 11.8 Å². The van der Waals surface area contributed by atoms with Gasteiger partial charge in [-0.3, -0.25) is 14.5 Å². The summed E-state index contributed by atoms with van der Waals surface area (Å²) in [7, 11) is 1.60. The van der Waals surface area contributed by atoms with Gasteiger partial charge in [-0.05, 0) is 12.8 Å². The van der Waals surface area contributed by atoms with Gasteiger partial charge in [0.2, 0.25) is 11.8 Å². The van der Waals surface area contributed by atoms with Crippen molar-refractivity contribution in [1.82, 2.24) is 9.96 Å². The van der Waals surface area contributed by atoms with Crippen LogP contribution in [0, 0.1) is 0 Å². The molecule has 1 saturated heterocycles. The van der Waals surface area contributed by atoms with E-state index in [4.69, 9.17) is 15.3 Å². The number of carbonyl (C=O) groups is 2. The predicted molar refractivity (Wildman–Crippen MR) is 81.1 cm³/mol. The van der Waals surface area contributed by atoms with E-state index in [0.29, 0.717) is 44.0 Å². The summed E-state index contributed by atoms with van der Waals surface area (Å²) >= 11 is 1.43. The summed E-state index contributed by atoms with van der Waals surface area (Å²) in [5.74, 6) is 0.406. The average molecular weight is 325 g/mol. The minimum atomic E-state index is -0.433. The molecular weight excluding hydrogens is 306 g/mol. The zero-order chi connectivity index (χ0) is 15.7. The van der Waals surface area contributed by atoms with E-state index in [0.717, 1.165) is 11.3 Å². The lowest BCUT2D eigenvalue weighted by molar-refractivity contribution is -0.165. The molecule has 2 amide bonds. The maximum atomic E-state index is 12.6. The third kappa shape index (κ3) is 2.69. The normalized spacial score (nSPS) is 22.0. The highest BCUT2D eigenvalue weighted by Gasteiger charge is 2.41. The molecular formula is C14H19N3O4S. The summed E-state index contributed by atoms with van der Waals surface area (Å²) in [5, 5.41) is 4.21. The van der Waals surface area contributed by atoms with E-state index in [1.54, 1.807) is 12.2 Å². The smallest absolute Gasteiger partial charge is 0.249 e. The molecule has 3 rings (SSSR count). The van der Waals surface area contributed by atoms with Gasteiger partial charge in [0, 0.05) is 37.6 Å². The fourth-order valence-electron chi connectivity index (χ4n) is 2.79. The van der Waals surface area contributed by atoms with Crippen LogP contribution in [0.2, 0.25) is 0 Å². The topological polar surface area (TPSA) is 85.1 Å². The first-order chi connectivity index (χ1) is 10.6. The number of anilines is 1. The monoisotopic (exact) mass is 325 g/mol. The van der Waals surface area contributed by atoms with Gasteiger partial charge in [0.1, 0.15) is 6.04 Å². The Labute approximate surface area is 132 Å². The van der Waals surface area contributed by atoms with Crippen molar-refractivity contribution in [2.24, 2.45) is 0 Å². The van der Waals surface area contributed by atoms with Crippen LogP contribution in [0.25, 0.3) is 0 Å². The number of hydrogen-bond donors (Lipinski definition) is 1. The Morgan fingerprint density at radius 3 is 3.05 bits per heavy atom. The van der Waals surface area contributed by atoms with Crippen molar-refractivity contribution < 1.29 is 19.2 Å². The van der Waals surface area contributed by atoms with Gasteiger partial charge in [0.25, 0.3) is 0 Å². The van der Waals surface area contributed by atoms with Crippen LogP contribution in [0.15, 0.2) is 5.38 Å². The maximum absolute atomic E-state index is 12.6. The molecule has 1 aromatic rings. The number of nitrogen functional groups attached to an aromatic ring is 1. The number of rotatable bonds is 5. The molecule has 1 unspecified atom stereocenters. The molecule has 8 heteroatoms. The standard InChI is InChI=1S/C14H19N3O4S/c1-20-6-2-5-16-12(18)4-3-10(14(16)19)17-7-9-11(21-17)8-22-13(9)15/h8,10H,2-7,15H2,1H3. The van der Waals surface area contributed by atoms with Crippen LogP contribution in [0.3, 0.4) is 0 Å². The molecule has 3 heterocycles. The van der Waals surface area contributed by atoms with Gasteiger partial charge in [-0.2, -0.15) is 0 Å². The van der Waals surface area contributed by atoms with Crippen LogP contribution in [0.4, 0.5) is 5.00 Å². The third-order valence-electron chi connectivity index (χ3n) is 3.98. The van der Waals surface area contributed by atoms with E-state index < -0.39 is 6.04 Å². The van der Waals surface area contributed by atoms with Crippen molar-refractivity contribution in [1.29, 1.82) is 0 Å². The van der Waals surface area contributed by atoms with E-state index in [9.17, 15) is 9.59 Å². The number of likely N-dealkylation sites (tertiary alicyclic amines) is 1. The van der Waals surface area contributed by atoms with Crippen molar-refractivity contribution in [3.05, 3.63) is 10.9 Å². The van der Waals surface area contributed by atoms with Gasteiger partial charge >= 0.3 is 0 Å². The SMILES string of the molecule is COCCCN1C(=O)CCC(N2Cc3c(csc3N)O2)C1=O. The first kappa shape index (κ1) is 15.3. The first-order valence-electron chi connectivity index (χ1n) is 7.25. The Kier molecular flexibility index (Phi) is 4.32. The first-order valence-corrected chi connectivity index (χ1v) is 8.13. The Balaban J connectivity index is 1.67. The number of hydrogen-bond acceptors (Lipinski definition) is 7. The minimum Gasteiger partial charge on any atom is -0.404 e. The second-order valence-electron chi connectivity index (χ2n) is 5.39. The van der Waals surface area contributed by atoms with Crippen LogP contribution in [-0.2, 0) is 20.9 Å². The fraction of sp³-hybridized carbons (Fsp3) is 0.571. The molecule has 1 atom stereocenters. The van der Waals surface area contributed by atoms with Gasteiger partial charge < -0.3 is 15.3 Å². The molecule has 2 N–H and O–H groups in total. The van der Waals surface area contributed by atoms with Gasteiger partial charge in [-0.1, -0.05) is 0 Å². The molecule has 0 aromatic carbocycles. The highest BCUT2D eigenvalue weighted by molar-refractivity contribution is 7.14. The highest BCUT2D eigenvalue weighted by atomic mass is 32.1. The largest absolute Gasteiger partial charge is 0.404 e. The van der Waals surface area contributed by atoms with Crippen molar-refractivity contribution in [2.75, 3.05) is 26.0 Å². The zero-order valence-corrected chi connectivity index (χ0v) is 13.2. The van der Waals surface area contributed by atoms with Gasteiger partial charge in [0.05, 0.1) is 11.5 Å². The summed E-state index contributed by atoms with van der Waals surface area (Å²) in [6.07, 6.45) is 1.47. The molecule has 7 nitrogen and oxygen atoms in total. The molecule has 120 valence electrons. The average Bonchev–Trinajstić information content (AvgIpc) is 3.05. The van der Waals surface area contributed by atoms with E-state index >= 15 is 0 Å². The Morgan fingerprint density at radius 2 is 2.32 bits per heavy atom. The summed E-state index contributed by atoms with van der Waals surface area (Å²) in [6, 6.07) is -0.433. The lowest BCUT2D eigenvalue weighted by Gasteiger charge is -2.34. The second kappa shape index (κ2) is 6.23. The Hall–Kier alpha value is -1.64. The second-order valence-corrected chi connectivity index (χ2v) is 6.30. The lowest BCUT2D eigenvalue weighted by Crippen LogP contribution is -2.54. The lowest BCUT2D eigenvalue weighted by atomic mass is 10.0. The Bertz CT molecular complexity index is 589. The quantitative estimate of drug-likeness (QED) is 0.642. The summed E-state index contributed by atoms with van der Waals surface area (Å²) in [6.45, 7) is 1.40. The molecule has 22 heavy (non-hydrogen) atoms. The summed E-state index contributed by atoms with van der Waals surface area (Å²) in [5.41, 5.74) is 6.83. The van der Waals surface area contributed by atoms with Crippen LogP contribution < -0.4 is 10.6 Å². The van der Waals surface area contributed by atoms with Crippen LogP contribution in [0.5, 0.6) is 5.75 Å². The number of nitrogens with zero attached hydrogens (tertiary/aromatic N) is 2. The number of hydroxylamine groups is 2. The van der Waals surface area contributed by atoms with Gasteiger partial charge in [0.15, 0.2) is 5.75 Å². The van der Waals surface area contributed by atoms with Crippen molar-refractivity contribution in [2.45, 2.75) is 31.8 Å². The molecule has 1 aromatic heterocycles. The number of methoxy groups -OCH3 is 1. The minimum absolute atomic E-state index is 0.120. The molecule has 0 saturated carbocycles. The molecule has 0 bridgehead atoms. The number of ether oxygens (including phenoxy) is 1. The van der Waals surface area contributed by atoms with Crippen molar-refractivity contribution >= 4 is 28.2 Å². The number of fused-ring (bicyclic) bond motifs is 1. The summed E-state index contributed by atoms with van der Waals surface area (Å²) in [4.78, 5) is 31.6. The number of amides is 2. The number of imide groups is 1. The zero-order valence-electron chi connectivity index (χ0n) is 12.4. The van der Waals surface area contributed by atoms with Crippen LogP contribution in [0.1, 0.15) is 24.8 Å². The van der Waals surface area contributed by atoms with E-state index in [1.807, 2.05) is 5.38 Å². The molecule has 0 spiro atoms. The van der Waals surface area contributed by atoms with Gasteiger partial charge in [-0.25, -0.2) is 0 Å². The molecule has 2 aliphatic heterocycles. The number of piperidine rings is 1. The maximum Gasteiger partial charge on any atom is 0.249 e. The molecule has 0 aliphatic carbocycles. The predicted octanol–water partition coefficient (Wildman–Crippen LogP) is 0.994. The fourth-order valence-corrected chi connectivity index (χ4v) is 3.52. The number of nitrogens with two attached hydrogens (primary N) is 1. The molecule has 2 aliphatic rings. The Morgan fingerprint density at radius 1 is 1.50 bits per heavy atom. The number of thiophene rings is 1. The van der Waals surface area contributed by atoms with E-state index in [1.165, 1.54) is 16.2 Å². The summed E-state index contributed by atoms with van der Waals surface area (Å²) < 4.78 is 4.98. The third-order valence-corrected chi connectivity index (χ3v) is 4.81. The van der Waals surface area contributed by atoms with Crippen molar-refractivity contribution in [3.63, 3.8) is 0 Å². The number of carbonyl (C=O) groups excluding carboxylic acids is 2. The van der Waals surface area contributed by atoms with Gasteiger partial charge in [-0.15, -0.1) is 16.4 Å². The van der Waals surface area contributed by atoms with Crippen LogP contribution >= 0.6 is 11.3 Å². The van der Waals surface area contributed by atoms with E-state index in [2.05, 4.69) is 0 Å². The molecule has 0 radical (unpaired) electrons. The van der Waals surface area contributed by atoms with Crippen LogP contribution in [-0.4, -0.2) is 48.1 Å².